The molecule has 3 nitrogen and oxygen atoms in total. The van der Waals surface area contributed by atoms with E-state index >= 15 is 0 Å². The van der Waals surface area contributed by atoms with E-state index in [1.807, 2.05) is 6.34 Å². The maximum atomic E-state index is 6.19. The normalized spacial score (nSPS) is 18.1. The largest absolute Gasteiger partial charge is 0.457 e. The number of ether oxygens (including phenoxy) is 1. The highest BCUT2D eigenvalue weighted by Crippen LogP contribution is 2.36. The molecule has 1 saturated carbocycles. The molecule has 4 rings (SSSR count). The van der Waals surface area contributed by atoms with Gasteiger partial charge in [-0.15, -0.1) is 0 Å². The number of nitrogens with zero attached hydrogens (tertiary/aromatic N) is 2. The first-order valence-electron chi connectivity index (χ1n) is 10.9. The zero-order valence-electron chi connectivity index (χ0n) is 17.3. The second-order valence-corrected chi connectivity index (χ2v) is 8.40. The molecule has 0 bridgehead atoms. The van der Waals surface area contributed by atoms with Crippen LogP contribution in [0.5, 0.6) is 11.5 Å². The van der Waals surface area contributed by atoms with Gasteiger partial charge in [0.1, 0.15) is 11.5 Å². The van der Waals surface area contributed by atoms with Crippen molar-refractivity contribution in [1.29, 1.82) is 0 Å². The smallest absolute Gasteiger partial charge is 0.130 e. The zero-order chi connectivity index (χ0) is 19.3. The summed E-state index contributed by atoms with van der Waals surface area (Å²) in [5.74, 6) is 2.58. The van der Waals surface area contributed by atoms with Gasteiger partial charge in [-0.3, -0.25) is 0 Å². The van der Waals surface area contributed by atoms with Gasteiger partial charge in [-0.25, -0.2) is 4.99 Å². The number of aliphatic imine (C=N–C) groups is 1. The van der Waals surface area contributed by atoms with E-state index in [0.29, 0.717) is 0 Å². The molecule has 0 spiro atoms. The number of piperidine rings is 1. The van der Waals surface area contributed by atoms with Crippen LogP contribution in [0.25, 0.3) is 0 Å². The Morgan fingerprint density at radius 3 is 2.32 bits per heavy atom. The molecule has 0 aromatic heterocycles. The van der Waals surface area contributed by atoms with Crippen molar-refractivity contribution in [3.8, 4) is 11.5 Å². The Hall–Kier alpha value is -2.29. The van der Waals surface area contributed by atoms with E-state index in [1.54, 1.807) is 0 Å². The highest BCUT2D eigenvalue weighted by Gasteiger charge is 2.17. The van der Waals surface area contributed by atoms with Gasteiger partial charge < -0.3 is 9.64 Å². The van der Waals surface area contributed by atoms with E-state index in [4.69, 9.17) is 9.73 Å². The summed E-state index contributed by atoms with van der Waals surface area (Å²) in [6, 6.07) is 13.0. The fraction of sp³-hybridized carbons (Fsp3) is 0.480. The third-order valence-electron chi connectivity index (χ3n) is 6.18. The van der Waals surface area contributed by atoms with Crippen molar-refractivity contribution in [2.24, 2.45) is 4.99 Å². The molecular formula is C25H32N2O. The SMILES string of the molecule is Cc1cc(Oc2ccc(C3CCCC3)cc2)c(C)cc1N=CN1CCCCC1. The Morgan fingerprint density at radius 2 is 1.61 bits per heavy atom. The van der Waals surface area contributed by atoms with Gasteiger partial charge in [-0.05, 0) is 92.8 Å². The molecule has 1 aliphatic heterocycles. The Labute approximate surface area is 169 Å². The van der Waals surface area contributed by atoms with Crippen LogP contribution in [-0.4, -0.2) is 24.3 Å². The Morgan fingerprint density at radius 1 is 0.893 bits per heavy atom. The highest BCUT2D eigenvalue weighted by molar-refractivity contribution is 5.65. The summed E-state index contributed by atoms with van der Waals surface area (Å²) in [7, 11) is 0. The van der Waals surface area contributed by atoms with Crippen molar-refractivity contribution in [3.63, 3.8) is 0 Å². The van der Waals surface area contributed by atoms with E-state index < -0.39 is 0 Å². The maximum absolute atomic E-state index is 6.19. The van der Waals surface area contributed by atoms with E-state index in [0.717, 1.165) is 47.3 Å². The van der Waals surface area contributed by atoms with Gasteiger partial charge in [0, 0.05) is 13.1 Å². The predicted octanol–water partition coefficient (Wildman–Crippen LogP) is 6.90. The van der Waals surface area contributed by atoms with Gasteiger partial charge in [0.25, 0.3) is 0 Å². The monoisotopic (exact) mass is 376 g/mol. The molecule has 28 heavy (non-hydrogen) atoms. The Kier molecular flexibility index (Phi) is 5.99. The minimum Gasteiger partial charge on any atom is -0.457 e. The molecule has 148 valence electrons. The van der Waals surface area contributed by atoms with Crippen molar-refractivity contribution in [2.75, 3.05) is 13.1 Å². The number of aryl methyl sites for hydroxylation is 2. The van der Waals surface area contributed by atoms with Crippen LogP contribution in [0.4, 0.5) is 5.69 Å². The van der Waals surface area contributed by atoms with Crippen molar-refractivity contribution >= 4 is 12.0 Å². The summed E-state index contributed by atoms with van der Waals surface area (Å²) in [5.41, 5.74) is 4.76. The minimum absolute atomic E-state index is 0.745. The zero-order valence-corrected chi connectivity index (χ0v) is 17.3. The van der Waals surface area contributed by atoms with Crippen LogP contribution >= 0.6 is 0 Å². The van der Waals surface area contributed by atoms with Crippen molar-refractivity contribution in [1.82, 2.24) is 4.90 Å². The lowest BCUT2D eigenvalue weighted by molar-refractivity contribution is 0.351. The van der Waals surface area contributed by atoms with Crippen LogP contribution in [0.15, 0.2) is 41.4 Å². The van der Waals surface area contributed by atoms with E-state index in [2.05, 4.69) is 55.1 Å². The van der Waals surface area contributed by atoms with Crippen molar-refractivity contribution < 1.29 is 4.74 Å². The average molecular weight is 377 g/mol. The first-order valence-corrected chi connectivity index (χ1v) is 10.9. The van der Waals surface area contributed by atoms with Crippen LogP contribution in [0.2, 0.25) is 0 Å². The second-order valence-electron chi connectivity index (χ2n) is 8.40. The number of hydrogen-bond donors (Lipinski definition) is 0. The van der Waals surface area contributed by atoms with Gasteiger partial charge >= 0.3 is 0 Å². The van der Waals surface area contributed by atoms with Crippen molar-refractivity contribution in [3.05, 3.63) is 53.1 Å². The van der Waals surface area contributed by atoms with Gasteiger partial charge in [0.2, 0.25) is 0 Å². The van der Waals surface area contributed by atoms with Crippen LogP contribution in [0, 0.1) is 13.8 Å². The van der Waals surface area contributed by atoms with Gasteiger partial charge in [0.15, 0.2) is 0 Å². The lowest BCUT2D eigenvalue weighted by Gasteiger charge is -2.24. The molecule has 3 heteroatoms. The first-order chi connectivity index (χ1) is 13.7. The topological polar surface area (TPSA) is 24.8 Å². The summed E-state index contributed by atoms with van der Waals surface area (Å²) in [4.78, 5) is 7.07. The van der Waals surface area contributed by atoms with Crippen LogP contribution in [0.3, 0.4) is 0 Å². The van der Waals surface area contributed by atoms with Gasteiger partial charge in [0.05, 0.1) is 12.0 Å². The summed E-state index contributed by atoms with van der Waals surface area (Å²) < 4.78 is 6.19. The summed E-state index contributed by atoms with van der Waals surface area (Å²) in [6.45, 7) is 6.46. The molecule has 0 unspecified atom stereocenters. The molecular weight excluding hydrogens is 344 g/mol. The molecule has 0 N–H and O–H groups in total. The maximum Gasteiger partial charge on any atom is 0.130 e. The van der Waals surface area contributed by atoms with Gasteiger partial charge in [-0.2, -0.15) is 0 Å². The molecule has 0 amide bonds. The Bertz CT molecular complexity index is 813. The Balaban J connectivity index is 1.44. The van der Waals surface area contributed by atoms with Crippen molar-refractivity contribution in [2.45, 2.75) is 64.7 Å². The van der Waals surface area contributed by atoms with Crippen LogP contribution in [-0.2, 0) is 0 Å². The molecule has 1 aliphatic carbocycles. The summed E-state index contributed by atoms with van der Waals surface area (Å²) in [5, 5.41) is 0. The highest BCUT2D eigenvalue weighted by atomic mass is 16.5. The third-order valence-corrected chi connectivity index (χ3v) is 6.18. The van der Waals surface area contributed by atoms with Crippen LogP contribution in [0.1, 0.15) is 67.6 Å². The molecule has 2 fully saturated rings. The molecule has 2 aromatic carbocycles. The molecule has 0 atom stereocenters. The van der Waals surface area contributed by atoms with E-state index in [9.17, 15) is 0 Å². The number of hydrogen-bond acceptors (Lipinski definition) is 2. The minimum atomic E-state index is 0.745. The van der Waals surface area contributed by atoms with E-state index in [1.165, 1.54) is 50.5 Å². The second kappa shape index (κ2) is 8.81. The molecule has 1 saturated heterocycles. The average Bonchev–Trinajstić information content (AvgIpc) is 3.26. The fourth-order valence-electron chi connectivity index (χ4n) is 4.40. The van der Waals surface area contributed by atoms with E-state index in [-0.39, 0.29) is 0 Å². The molecule has 1 heterocycles. The fourth-order valence-corrected chi connectivity index (χ4v) is 4.40. The quantitative estimate of drug-likeness (QED) is 0.419. The first kappa shape index (κ1) is 19.0. The lowest BCUT2D eigenvalue weighted by Crippen LogP contribution is -2.28. The third kappa shape index (κ3) is 4.57. The van der Waals surface area contributed by atoms with Crippen LogP contribution < -0.4 is 4.74 Å². The number of likely N-dealkylation sites (tertiary alicyclic amines) is 1. The summed E-state index contributed by atoms with van der Waals surface area (Å²) >= 11 is 0. The predicted molar refractivity (Wildman–Crippen MR) is 117 cm³/mol. The molecule has 0 radical (unpaired) electrons. The lowest BCUT2D eigenvalue weighted by atomic mass is 9.98. The standard InChI is InChI=1S/C25H32N2O/c1-19-17-25(20(2)16-24(19)26-18-27-14-6-3-7-15-27)28-23-12-10-22(11-13-23)21-8-4-5-9-21/h10-13,16-18,21H,3-9,14-15H2,1-2H3. The summed E-state index contributed by atoms with van der Waals surface area (Å²) in [6.07, 6.45) is 11.3. The molecule has 2 aliphatic rings. The number of rotatable bonds is 5. The molecule has 2 aromatic rings. The van der Waals surface area contributed by atoms with Gasteiger partial charge in [-0.1, -0.05) is 25.0 Å². The number of benzene rings is 2.